The second kappa shape index (κ2) is 7.39. The van der Waals surface area contributed by atoms with Crippen LogP contribution in [0.25, 0.3) is 11.4 Å². The van der Waals surface area contributed by atoms with E-state index in [1.54, 1.807) is 30.3 Å². The highest BCUT2D eigenvalue weighted by molar-refractivity contribution is 7.90. The number of imidazole rings is 1. The van der Waals surface area contributed by atoms with Crippen LogP contribution in [0.4, 0.5) is 0 Å². The fraction of sp³-hybridized carbons (Fsp3) is 0.167. The molecule has 8 heteroatoms. The van der Waals surface area contributed by atoms with Gasteiger partial charge in [-0.25, -0.2) is 17.4 Å². The summed E-state index contributed by atoms with van der Waals surface area (Å²) < 4.78 is 37.8. The Kier molecular flexibility index (Phi) is 5.20. The van der Waals surface area contributed by atoms with Crippen molar-refractivity contribution in [1.82, 2.24) is 8.96 Å². The second-order valence-corrected chi connectivity index (χ2v) is 7.51. The van der Waals surface area contributed by atoms with E-state index in [1.165, 1.54) is 31.6 Å². The van der Waals surface area contributed by atoms with Crippen LogP contribution in [-0.2, 0) is 10.0 Å². The summed E-state index contributed by atoms with van der Waals surface area (Å²) in [5.74, 6) is 1.04. The smallest absolute Gasteiger partial charge is 0.269 e. The molecule has 0 radical (unpaired) electrons. The summed E-state index contributed by atoms with van der Waals surface area (Å²) in [6, 6.07) is 11.4. The highest BCUT2D eigenvalue weighted by Gasteiger charge is 2.22. The van der Waals surface area contributed by atoms with Gasteiger partial charge in [0.2, 0.25) is 0 Å². The van der Waals surface area contributed by atoms with Gasteiger partial charge < -0.3 is 9.47 Å². The summed E-state index contributed by atoms with van der Waals surface area (Å²) in [5.41, 5.74) is 0.500. The lowest BCUT2D eigenvalue weighted by atomic mass is 10.2. The highest BCUT2D eigenvalue weighted by atomic mass is 35.5. The number of rotatable bonds is 6. The summed E-state index contributed by atoms with van der Waals surface area (Å²) >= 11 is 6.30. The summed E-state index contributed by atoms with van der Waals surface area (Å²) in [7, 11) is -2.30. The van der Waals surface area contributed by atoms with Gasteiger partial charge >= 0.3 is 0 Å². The van der Waals surface area contributed by atoms with Gasteiger partial charge in [0.1, 0.15) is 0 Å². The predicted molar refractivity (Wildman–Crippen MR) is 99.4 cm³/mol. The molecule has 3 aromatic rings. The maximum absolute atomic E-state index is 12.9. The molecule has 136 valence electrons. The van der Waals surface area contributed by atoms with E-state index < -0.39 is 10.0 Å². The van der Waals surface area contributed by atoms with Crippen LogP contribution in [0.15, 0.2) is 59.8 Å². The average molecular weight is 393 g/mol. The molecule has 0 aliphatic carbocycles. The van der Waals surface area contributed by atoms with Crippen LogP contribution in [0.3, 0.4) is 0 Å². The summed E-state index contributed by atoms with van der Waals surface area (Å²) in [6.45, 7) is 2.26. The van der Waals surface area contributed by atoms with Crippen molar-refractivity contribution < 1.29 is 17.9 Å². The average Bonchev–Trinajstić information content (AvgIpc) is 3.14. The first kappa shape index (κ1) is 18.3. The molecule has 26 heavy (non-hydrogen) atoms. The van der Waals surface area contributed by atoms with E-state index in [4.69, 9.17) is 21.1 Å². The Morgan fingerprint density at radius 2 is 1.92 bits per heavy atom. The molecule has 0 saturated carbocycles. The van der Waals surface area contributed by atoms with Gasteiger partial charge in [0, 0.05) is 18.0 Å². The van der Waals surface area contributed by atoms with Crippen LogP contribution in [0, 0.1) is 0 Å². The van der Waals surface area contributed by atoms with Crippen LogP contribution in [0.2, 0.25) is 5.02 Å². The number of ether oxygens (including phenoxy) is 2. The van der Waals surface area contributed by atoms with Crippen molar-refractivity contribution in [2.75, 3.05) is 13.7 Å². The van der Waals surface area contributed by atoms with Gasteiger partial charge in [-0.05, 0) is 31.2 Å². The topological polar surface area (TPSA) is 70.4 Å². The lowest BCUT2D eigenvalue weighted by molar-refractivity contribution is 0.311. The molecule has 0 aliphatic heterocycles. The molecule has 0 atom stereocenters. The zero-order valence-corrected chi connectivity index (χ0v) is 15.8. The van der Waals surface area contributed by atoms with Gasteiger partial charge in [-0.15, -0.1) is 0 Å². The lowest BCUT2D eigenvalue weighted by Crippen LogP contribution is -2.13. The normalized spacial score (nSPS) is 11.3. The third-order valence-corrected chi connectivity index (χ3v) is 5.65. The van der Waals surface area contributed by atoms with Crippen molar-refractivity contribution in [2.24, 2.45) is 0 Å². The third-order valence-electron chi connectivity index (χ3n) is 3.68. The zero-order chi connectivity index (χ0) is 18.7. The third kappa shape index (κ3) is 3.27. The lowest BCUT2D eigenvalue weighted by Gasteiger charge is -2.14. The van der Waals surface area contributed by atoms with E-state index in [0.29, 0.717) is 28.7 Å². The van der Waals surface area contributed by atoms with Crippen LogP contribution in [-0.4, -0.2) is 31.1 Å². The van der Waals surface area contributed by atoms with E-state index in [9.17, 15) is 8.42 Å². The molecule has 1 heterocycles. The number of halogens is 1. The SMILES string of the molecule is CCOc1c(Cl)cc(-c2nccn2S(=O)(=O)c2ccccc2)cc1OC. The Hall–Kier alpha value is -2.51. The van der Waals surface area contributed by atoms with Crippen LogP contribution in [0.1, 0.15) is 6.92 Å². The summed E-state index contributed by atoms with van der Waals surface area (Å²) in [5, 5.41) is 0.313. The Morgan fingerprint density at radius 1 is 1.19 bits per heavy atom. The fourth-order valence-electron chi connectivity index (χ4n) is 2.53. The maximum Gasteiger partial charge on any atom is 0.269 e. The number of hydrogen-bond acceptors (Lipinski definition) is 5. The van der Waals surface area contributed by atoms with Gasteiger partial charge in [0.05, 0.1) is 23.6 Å². The molecule has 0 saturated heterocycles. The Labute approximate surface area is 157 Å². The molecule has 0 aliphatic rings. The van der Waals surface area contributed by atoms with Crippen molar-refractivity contribution in [3.05, 3.63) is 59.9 Å². The highest BCUT2D eigenvalue weighted by Crippen LogP contribution is 2.39. The van der Waals surface area contributed by atoms with Crippen LogP contribution >= 0.6 is 11.6 Å². The first-order valence-electron chi connectivity index (χ1n) is 7.83. The molecule has 2 aromatic carbocycles. The van der Waals surface area contributed by atoms with Crippen molar-refractivity contribution in [1.29, 1.82) is 0 Å². The monoisotopic (exact) mass is 392 g/mol. The second-order valence-electron chi connectivity index (χ2n) is 5.29. The quantitative estimate of drug-likeness (QED) is 0.637. The van der Waals surface area contributed by atoms with Gasteiger partial charge in [-0.3, -0.25) is 0 Å². The van der Waals surface area contributed by atoms with E-state index >= 15 is 0 Å². The minimum absolute atomic E-state index is 0.170. The molecule has 1 aromatic heterocycles. The van der Waals surface area contributed by atoms with Gasteiger partial charge in [0.25, 0.3) is 10.0 Å². The molecule has 0 bridgehead atoms. The van der Waals surface area contributed by atoms with Crippen LogP contribution in [0.5, 0.6) is 11.5 Å². The molecule has 0 amide bonds. The van der Waals surface area contributed by atoms with Gasteiger partial charge in [-0.1, -0.05) is 29.8 Å². The van der Waals surface area contributed by atoms with E-state index in [1.807, 2.05) is 6.92 Å². The van der Waals surface area contributed by atoms with Crippen molar-refractivity contribution in [3.63, 3.8) is 0 Å². The number of methoxy groups -OCH3 is 1. The number of nitrogens with zero attached hydrogens (tertiary/aromatic N) is 2. The first-order valence-corrected chi connectivity index (χ1v) is 9.65. The van der Waals surface area contributed by atoms with Gasteiger partial charge in [-0.2, -0.15) is 0 Å². The maximum atomic E-state index is 12.9. The number of aromatic nitrogens is 2. The minimum atomic E-state index is -3.79. The first-order chi connectivity index (χ1) is 12.5. The zero-order valence-electron chi connectivity index (χ0n) is 14.2. The Morgan fingerprint density at radius 3 is 2.58 bits per heavy atom. The van der Waals surface area contributed by atoms with E-state index in [2.05, 4.69) is 4.98 Å². The number of hydrogen-bond donors (Lipinski definition) is 0. The predicted octanol–water partition coefficient (Wildman–Crippen LogP) is 3.85. The summed E-state index contributed by atoms with van der Waals surface area (Å²) in [4.78, 5) is 4.37. The fourth-order valence-corrected chi connectivity index (χ4v) is 4.12. The van der Waals surface area contributed by atoms with Crippen molar-refractivity contribution >= 4 is 21.6 Å². The van der Waals surface area contributed by atoms with Gasteiger partial charge in [0.15, 0.2) is 17.3 Å². The van der Waals surface area contributed by atoms with Crippen molar-refractivity contribution in [3.8, 4) is 22.9 Å². The van der Waals surface area contributed by atoms with E-state index in [-0.39, 0.29) is 10.7 Å². The molecule has 3 rings (SSSR count). The molecule has 0 N–H and O–H groups in total. The minimum Gasteiger partial charge on any atom is -0.493 e. The molecule has 6 nitrogen and oxygen atoms in total. The molecular formula is C18H17ClN2O4S. The Balaban J connectivity index is 2.14. The van der Waals surface area contributed by atoms with E-state index in [0.717, 1.165) is 3.97 Å². The standard InChI is InChI=1S/C18H17ClN2O4S/c1-3-25-17-15(19)11-13(12-16(17)24-2)18-20-9-10-21(18)26(22,23)14-7-5-4-6-8-14/h4-12H,3H2,1-2H3. The Bertz CT molecular complexity index is 1020. The number of benzene rings is 2. The molecule has 0 unspecified atom stereocenters. The van der Waals surface area contributed by atoms with Crippen molar-refractivity contribution in [2.45, 2.75) is 11.8 Å². The summed E-state index contributed by atoms with van der Waals surface area (Å²) in [6.07, 6.45) is 2.82. The molecular weight excluding hydrogens is 376 g/mol. The molecule has 0 fully saturated rings. The van der Waals surface area contributed by atoms with Crippen LogP contribution < -0.4 is 9.47 Å². The molecule has 0 spiro atoms. The largest absolute Gasteiger partial charge is 0.493 e.